The molecule has 0 spiro atoms. The van der Waals surface area contributed by atoms with Crippen molar-refractivity contribution in [3.63, 3.8) is 0 Å². The number of hydrogen-bond acceptors (Lipinski definition) is 4. The number of benzene rings is 2. The van der Waals surface area contributed by atoms with Crippen LogP contribution in [0, 0.1) is 11.8 Å². The lowest BCUT2D eigenvalue weighted by Gasteiger charge is -2.23. The fourth-order valence-corrected chi connectivity index (χ4v) is 6.54. The van der Waals surface area contributed by atoms with Crippen LogP contribution < -0.4 is 10.2 Å². The Hall–Kier alpha value is -2.66. The molecule has 1 N–H and O–H groups in total. The number of imidazole rings is 1. The standard InChI is InChI=1S/C27H31N5/c1-2-4-22(5-3-1)32-17-30-25-11-18(6-7-26(25)32)24-12-23(10-19-8-9-29-27(19)24)31-15-20-13-28-14-21(20)16-31/h6-7,9-12,17,20-22,28H,1-5,8,13-16H2. The van der Waals surface area contributed by atoms with Crippen LogP contribution in [0.15, 0.2) is 41.7 Å². The Bertz CT molecular complexity index is 1190. The summed E-state index contributed by atoms with van der Waals surface area (Å²) in [6.07, 6.45) is 11.7. The third kappa shape index (κ3) is 3.01. The van der Waals surface area contributed by atoms with E-state index in [2.05, 4.69) is 57.7 Å². The van der Waals surface area contributed by atoms with E-state index in [1.165, 1.54) is 86.2 Å². The fourth-order valence-electron chi connectivity index (χ4n) is 6.54. The minimum atomic E-state index is 0.612. The Morgan fingerprint density at radius 1 is 0.938 bits per heavy atom. The second kappa shape index (κ2) is 7.45. The highest BCUT2D eigenvalue weighted by Gasteiger charge is 2.36. The van der Waals surface area contributed by atoms with E-state index in [9.17, 15) is 0 Å². The molecule has 0 bridgehead atoms. The van der Waals surface area contributed by atoms with Crippen molar-refractivity contribution < 1.29 is 0 Å². The number of nitrogens with one attached hydrogen (secondary N) is 1. The number of aliphatic imine (C=N–C) groups is 1. The van der Waals surface area contributed by atoms with Gasteiger partial charge < -0.3 is 14.8 Å². The average molecular weight is 426 g/mol. The fraction of sp³-hybridized carbons (Fsp3) is 0.481. The van der Waals surface area contributed by atoms with Crippen molar-refractivity contribution in [2.75, 3.05) is 31.1 Å². The maximum atomic E-state index is 4.82. The summed E-state index contributed by atoms with van der Waals surface area (Å²) in [7, 11) is 0. The predicted molar refractivity (Wildman–Crippen MR) is 131 cm³/mol. The zero-order valence-electron chi connectivity index (χ0n) is 18.6. The maximum Gasteiger partial charge on any atom is 0.0960 e. The van der Waals surface area contributed by atoms with Gasteiger partial charge in [0, 0.05) is 56.1 Å². The number of nitrogens with zero attached hydrogens (tertiary/aromatic N) is 4. The number of aromatic nitrogens is 2. The first-order valence-corrected chi connectivity index (χ1v) is 12.5. The third-order valence-corrected chi connectivity index (χ3v) is 8.31. The average Bonchev–Trinajstić information content (AvgIpc) is 3.61. The van der Waals surface area contributed by atoms with Gasteiger partial charge in [0.05, 0.1) is 23.0 Å². The van der Waals surface area contributed by atoms with Crippen LogP contribution in [0.2, 0.25) is 0 Å². The first-order valence-electron chi connectivity index (χ1n) is 12.5. The van der Waals surface area contributed by atoms with Crippen molar-refractivity contribution in [2.45, 2.75) is 44.6 Å². The van der Waals surface area contributed by atoms with Crippen molar-refractivity contribution in [1.82, 2.24) is 14.9 Å². The van der Waals surface area contributed by atoms with Gasteiger partial charge in [-0.15, -0.1) is 0 Å². The quantitative estimate of drug-likeness (QED) is 0.633. The third-order valence-electron chi connectivity index (χ3n) is 8.31. The molecule has 32 heavy (non-hydrogen) atoms. The maximum absolute atomic E-state index is 4.82. The van der Waals surface area contributed by atoms with E-state index in [4.69, 9.17) is 9.98 Å². The van der Waals surface area contributed by atoms with Gasteiger partial charge in [-0.25, -0.2) is 4.98 Å². The monoisotopic (exact) mass is 425 g/mol. The van der Waals surface area contributed by atoms with Crippen molar-refractivity contribution in [3.8, 4) is 11.1 Å². The summed E-state index contributed by atoms with van der Waals surface area (Å²) < 4.78 is 2.42. The van der Waals surface area contributed by atoms with Gasteiger partial charge in [-0.05, 0) is 60.1 Å². The van der Waals surface area contributed by atoms with Crippen LogP contribution in [0.1, 0.15) is 43.7 Å². The Labute approximate surface area is 189 Å². The van der Waals surface area contributed by atoms with Gasteiger partial charge in [0.25, 0.3) is 0 Å². The molecule has 7 rings (SSSR count). The SMILES string of the molecule is C1=Nc2c(cc(N3CC4CNCC4C3)cc2-c2ccc3c(c2)ncn3C2CCCCC2)C1. The van der Waals surface area contributed by atoms with Gasteiger partial charge in [-0.2, -0.15) is 0 Å². The molecule has 4 heterocycles. The van der Waals surface area contributed by atoms with Gasteiger partial charge in [-0.3, -0.25) is 4.99 Å². The molecule has 2 saturated heterocycles. The molecule has 0 radical (unpaired) electrons. The molecule has 2 atom stereocenters. The first-order chi connectivity index (χ1) is 15.8. The van der Waals surface area contributed by atoms with E-state index >= 15 is 0 Å². The largest absolute Gasteiger partial charge is 0.371 e. The molecule has 0 amide bonds. The van der Waals surface area contributed by atoms with Gasteiger partial charge in [0.1, 0.15) is 0 Å². The molecule has 2 aromatic carbocycles. The number of hydrogen-bond donors (Lipinski definition) is 1. The molecular formula is C27H31N5. The molecule has 164 valence electrons. The molecule has 1 aromatic heterocycles. The van der Waals surface area contributed by atoms with E-state index in [0.717, 1.165) is 29.5 Å². The minimum Gasteiger partial charge on any atom is -0.371 e. The van der Waals surface area contributed by atoms with E-state index in [1.54, 1.807) is 0 Å². The first kappa shape index (κ1) is 18.9. The lowest BCUT2D eigenvalue weighted by molar-refractivity contribution is 0.359. The van der Waals surface area contributed by atoms with Gasteiger partial charge in [-0.1, -0.05) is 25.3 Å². The molecule has 3 aromatic rings. The molecule has 5 heteroatoms. The molecule has 4 aliphatic rings. The summed E-state index contributed by atoms with van der Waals surface area (Å²) in [6.45, 7) is 4.67. The van der Waals surface area contributed by atoms with Crippen LogP contribution in [0.4, 0.5) is 11.4 Å². The summed E-state index contributed by atoms with van der Waals surface area (Å²) in [5, 5.41) is 3.56. The molecule has 2 unspecified atom stereocenters. The number of rotatable bonds is 3. The van der Waals surface area contributed by atoms with Crippen molar-refractivity contribution >= 4 is 28.6 Å². The molecular weight excluding hydrogens is 394 g/mol. The van der Waals surface area contributed by atoms with Gasteiger partial charge >= 0.3 is 0 Å². The van der Waals surface area contributed by atoms with Crippen LogP contribution in [0.5, 0.6) is 0 Å². The Morgan fingerprint density at radius 3 is 2.62 bits per heavy atom. The van der Waals surface area contributed by atoms with Crippen LogP contribution in [0.3, 0.4) is 0 Å². The van der Waals surface area contributed by atoms with Crippen LogP contribution in [-0.2, 0) is 6.42 Å². The van der Waals surface area contributed by atoms with E-state index in [0.29, 0.717) is 6.04 Å². The number of anilines is 1. The lowest BCUT2D eigenvalue weighted by Crippen LogP contribution is -2.25. The van der Waals surface area contributed by atoms with Crippen LogP contribution in [0.25, 0.3) is 22.2 Å². The zero-order valence-corrected chi connectivity index (χ0v) is 18.6. The molecule has 1 saturated carbocycles. The van der Waals surface area contributed by atoms with Crippen molar-refractivity contribution in [2.24, 2.45) is 16.8 Å². The van der Waals surface area contributed by atoms with Crippen LogP contribution in [-0.4, -0.2) is 41.9 Å². The van der Waals surface area contributed by atoms with Crippen molar-refractivity contribution in [3.05, 3.63) is 42.2 Å². The smallest absolute Gasteiger partial charge is 0.0960 e. The highest BCUT2D eigenvalue weighted by Crippen LogP contribution is 2.42. The van der Waals surface area contributed by atoms with Gasteiger partial charge in [0.15, 0.2) is 0 Å². The van der Waals surface area contributed by atoms with E-state index < -0.39 is 0 Å². The van der Waals surface area contributed by atoms with Gasteiger partial charge in [0.2, 0.25) is 0 Å². The van der Waals surface area contributed by atoms with E-state index in [-0.39, 0.29) is 0 Å². The summed E-state index contributed by atoms with van der Waals surface area (Å²) in [5.74, 6) is 1.59. The summed E-state index contributed by atoms with van der Waals surface area (Å²) in [5.41, 5.74) is 8.76. The van der Waals surface area contributed by atoms with E-state index in [1.807, 2.05) is 0 Å². The Balaban J connectivity index is 1.27. The summed E-state index contributed by atoms with van der Waals surface area (Å²) in [4.78, 5) is 12.2. The lowest BCUT2D eigenvalue weighted by atomic mass is 9.95. The minimum absolute atomic E-state index is 0.612. The number of fused-ring (bicyclic) bond motifs is 3. The Morgan fingerprint density at radius 2 is 1.78 bits per heavy atom. The zero-order chi connectivity index (χ0) is 21.1. The van der Waals surface area contributed by atoms with Crippen molar-refractivity contribution in [1.29, 1.82) is 0 Å². The molecule has 5 nitrogen and oxygen atoms in total. The Kier molecular flexibility index (Phi) is 4.39. The molecule has 3 fully saturated rings. The topological polar surface area (TPSA) is 45.4 Å². The second-order valence-corrected chi connectivity index (χ2v) is 10.2. The molecule has 1 aliphatic carbocycles. The molecule has 3 aliphatic heterocycles. The normalized spacial score (nSPS) is 25.1. The highest BCUT2D eigenvalue weighted by molar-refractivity contribution is 5.92. The predicted octanol–water partition coefficient (Wildman–Crippen LogP) is 5.12. The van der Waals surface area contributed by atoms with Crippen LogP contribution >= 0.6 is 0 Å². The summed E-state index contributed by atoms with van der Waals surface area (Å²) in [6, 6.07) is 12.2. The summed E-state index contributed by atoms with van der Waals surface area (Å²) >= 11 is 0. The highest BCUT2D eigenvalue weighted by atomic mass is 15.2. The second-order valence-electron chi connectivity index (χ2n) is 10.2.